The Balaban J connectivity index is 1.38. The molecule has 1 aromatic carbocycles. The molecular formula is C23H22N6OS2. The molecule has 1 aliphatic rings. The van der Waals surface area contributed by atoms with E-state index in [0.29, 0.717) is 17.8 Å². The Morgan fingerprint density at radius 1 is 1.31 bits per heavy atom. The van der Waals surface area contributed by atoms with Crippen LogP contribution in [-0.2, 0) is 24.2 Å². The zero-order chi connectivity index (χ0) is 22.1. The van der Waals surface area contributed by atoms with Crippen LogP contribution in [0.25, 0.3) is 10.2 Å². The van der Waals surface area contributed by atoms with E-state index in [1.165, 1.54) is 16.7 Å². The Hall–Kier alpha value is -3.30. The van der Waals surface area contributed by atoms with Crippen molar-refractivity contribution in [1.29, 1.82) is 5.41 Å². The van der Waals surface area contributed by atoms with E-state index in [-0.39, 0.29) is 11.8 Å². The Bertz CT molecular complexity index is 1300. The van der Waals surface area contributed by atoms with E-state index in [9.17, 15) is 4.79 Å². The molecule has 0 spiro atoms. The largest absolute Gasteiger partial charge is 0.398 e. The number of anilines is 3. The molecule has 0 bridgehead atoms. The van der Waals surface area contributed by atoms with E-state index in [4.69, 9.17) is 11.1 Å². The first-order chi connectivity index (χ1) is 15.6. The van der Waals surface area contributed by atoms with Crippen molar-refractivity contribution in [3.8, 4) is 0 Å². The molecule has 0 aliphatic heterocycles. The molecule has 9 heteroatoms. The second-order valence-corrected chi connectivity index (χ2v) is 9.87. The second-order valence-electron chi connectivity index (χ2n) is 7.76. The van der Waals surface area contributed by atoms with Gasteiger partial charge in [0.15, 0.2) is 0 Å². The van der Waals surface area contributed by atoms with Crippen molar-refractivity contribution in [3.63, 3.8) is 0 Å². The summed E-state index contributed by atoms with van der Waals surface area (Å²) in [6, 6.07) is 9.53. The minimum Gasteiger partial charge on any atom is -0.398 e. The van der Waals surface area contributed by atoms with Gasteiger partial charge in [-0.2, -0.15) is 0 Å². The second kappa shape index (κ2) is 8.68. The molecule has 0 saturated carbocycles. The summed E-state index contributed by atoms with van der Waals surface area (Å²) in [7, 11) is 0. The van der Waals surface area contributed by atoms with Crippen LogP contribution in [0.1, 0.15) is 27.3 Å². The molecule has 7 nitrogen and oxygen atoms in total. The molecule has 162 valence electrons. The van der Waals surface area contributed by atoms with Crippen LogP contribution in [0.5, 0.6) is 0 Å². The molecule has 1 unspecified atom stereocenters. The van der Waals surface area contributed by atoms with E-state index in [1.807, 2.05) is 29.6 Å². The highest BCUT2D eigenvalue weighted by Gasteiger charge is 2.29. The van der Waals surface area contributed by atoms with Crippen molar-refractivity contribution in [2.45, 2.75) is 25.8 Å². The lowest BCUT2D eigenvalue weighted by molar-refractivity contribution is -0.125. The summed E-state index contributed by atoms with van der Waals surface area (Å²) in [5, 5.41) is 17.0. The molecular weight excluding hydrogens is 440 g/mol. The van der Waals surface area contributed by atoms with Crippen molar-refractivity contribution in [2.75, 3.05) is 11.1 Å². The van der Waals surface area contributed by atoms with Gasteiger partial charge in [-0.1, -0.05) is 6.07 Å². The monoisotopic (exact) mass is 462 g/mol. The van der Waals surface area contributed by atoms with Gasteiger partial charge in [0, 0.05) is 38.8 Å². The number of aromatic nitrogens is 2. The summed E-state index contributed by atoms with van der Waals surface area (Å²) in [6.45, 7) is 0.588. The normalized spacial score (nSPS) is 15.3. The van der Waals surface area contributed by atoms with Crippen molar-refractivity contribution in [2.24, 2.45) is 5.92 Å². The third kappa shape index (κ3) is 3.96. The lowest BCUT2D eigenvalue weighted by Gasteiger charge is -2.21. The number of carbonyl (C=O) groups is 1. The van der Waals surface area contributed by atoms with Gasteiger partial charge in [-0.05, 0) is 54.5 Å². The maximum absolute atomic E-state index is 12.7. The van der Waals surface area contributed by atoms with E-state index >= 15 is 0 Å². The number of aryl methyl sites for hydroxylation is 1. The minimum atomic E-state index is -0.0212. The number of nitrogens with two attached hydrogens (primary N) is 1. The number of carbonyl (C=O) groups excluding carboxylic acids is 1. The third-order valence-electron chi connectivity index (χ3n) is 5.74. The average Bonchev–Trinajstić information content (AvgIpc) is 3.46. The summed E-state index contributed by atoms with van der Waals surface area (Å²) in [6.07, 6.45) is 5.16. The minimum absolute atomic E-state index is 0.0212. The lowest BCUT2D eigenvalue weighted by Crippen LogP contribution is -2.33. The molecule has 0 saturated heterocycles. The Kier molecular flexibility index (Phi) is 5.59. The predicted molar refractivity (Wildman–Crippen MR) is 131 cm³/mol. The van der Waals surface area contributed by atoms with Gasteiger partial charge in [-0.25, -0.2) is 9.97 Å². The number of nitrogens with zero attached hydrogens (tertiary/aromatic N) is 2. The van der Waals surface area contributed by atoms with Gasteiger partial charge in [0.05, 0.1) is 11.9 Å². The van der Waals surface area contributed by atoms with Crippen LogP contribution < -0.4 is 16.4 Å². The molecule has 3 aromatic heterocycles. The highest BCUT2D eigenvalue weighted by molar-refractivity contribution is 7.19. The van der Waals surface area contributed by atoms with Gasteiger partial charge in [0.25, 0.3) is 0 Å². The quantitative estimate of drug-likeness (QED) is 0.249. The Morgan fingerprint density at radius 3 is 3.03 bits per heavy atom. The van der Waals surface area contributed by atoms with E-state index < -0.39 is 0 Å². The van der Waals surface area contributed by atoms with Crippen molar-refractivity contribution in [1.82, 2.24) is 15.3 Å². The number of hydrogen-bond donors (Lipinski definition) is 4. The number of nitrogen functional groups attached to an aromatic ring is 1. The molecule has 0 radical (unpaired) electrons. The van der Waals surface area contributed by atoms with Gasteiger partial charge in [0.2, 0.25) is 5.91 Å². The van der Waals surface area contributed by atoms with Crippen molar-refractivity contribution >= 4 is 62.2 Å². The highest BCUT2D eigenvalue weighted by atomic mass is 32.1. The fourth-order valence-electron chi connectivity index (χ4n) is 4.07. The molecule has 1 atom stereocenters. The maximum Gasteiger partial charge on any atom is 0.223 e. The van der Waals surface area contributed by atoms with Crippen LogP contribution in [-0.4, -0.2) is 22.1 Å². The average molecular weight is 463 g/mol. The number of nitrogens with one attached hydrogen (secondary N) is 3. The first-order valence-electron chi connectivity index (χ1n) is 10.3. The summed E-state index contributed by atoms with van der Waals surface area (Å²) >= 11 is 3.30. The summed E-state index contributed by atoms with van der Waals surface area (Å²) in [5.74, 6) is 0.841. The highest BCUT2D eigenvalue weighted by Crippen LogP contribution is 2.40. The molecule has 0 fully saturated rings. The fourth-order valence-corrected chi connectivity index (χ4v) is 5.99. The number of amides is 1. The molecule has 1 aliphatic carbocycles. The molecule has 3 heterocycles. The first-order valence-corrected chi connectivity index (χ1v) is 12.0. The van der Waals surface area contributed by atoms with Crippen LogP contribution in [0.15, 0.2) is 42.0 Å². The summed E-state index contributed by atoms with van der Waals surface area (Å²) < 4.78 is 0. The molecule has 5 N–H and O–H groups in total. The predicted octanol–water partition coefficient (Wildman–Crippen LogP) is 4.50. The number of benzene rings is 1. The molecule has 32 heavy (non-hydrogen) atoms. The molecule has 1 amide bonds. The standard InChI is InChI=1S/C23H22N6OS2/c24-10-14-8-15(4-6-18(14)25)29-21-20-17-5-3-13(9-19(17)32-23(20)28-12-27-21)22(30)26-11-16-2-1-7-31-16/h1-2,4,6-8,10,12-13,24H,3,5,9,11,25H2,(H,26,30)(H,27,28,29). The van der Waals surface area contributed by atoms with Crippen LogP contribution >= 0.6 is 22.7 Å². The SMILES string of the molecule is N=Cc1cc(Nc2ncnc3sc4c(c23)CCC(C(=O)NCc2cccs2)C4)ccc1N. The third-order valence-corrected chi connectivity index (χ3v) is 7.78. The van der Waals surface area contributed by atoms with E-state index in [2.05, 4.69) is 20.6 Å². The number of hydrogen-bond acceptors (Lipinski definition) is 8. The number of rotatable bonds is 6. The van der Waals surface area contributed by atoms with Crippen molar-refractivity contribution < 1.29 is 4.79 Å². The number of fused-ring (bicyclic) bond motifs is 3. The van der Waals surface area contributed by atoms with Crippen LogP contribution in [0.2, 0.25) is 0 Å². The van der Waals surface area contributed by atoms with Crippen molar-refractivity contribution in [3.05, 3.63) is 62.9 Å². The first kappa shape index (κ1) is 20.6. The van der Waals surface area contributed by atoms with Crippen LogP contribution in [0.4, 0.5) is 17.2 Å². The smallest absolute Gasteiger partial charge is 0.223 e. The topological polar surface area (TPSA) is 117 Å². The van der Waals surface area contributed by atoms with Crippen LogP contribution in [0.3, 0.4) is 0 Å². The summed E-state index contributed by atoms with van der Waals surface area (Å²) in [4.78, 5) is 25.0. The lowest BCUT2D eigenvalue weighted by atomic mass is 9.87. The van der Waals surface area contributed by atoms with Gasteiger partial charge >= 0.3 is 0 Å². The summed E-state index contributed by atoms with van der Waals surface area (Å²) in [5.41, 5.74) is 9.18. The maximum atomic E-state index is 12.7. The van der Waals surface area contributed by atoms with Gasteiger partial charge < -0.3 is 21.8 Å². The van der Waals surface area contributed by atoms with E-state index in [0.717, 1.165) is 45.9 Å². The van der Waals surface area contributed by atoms with Gasteiger partial charge in [0.1, 0.15) is 17.0 Å². The number of thiophene rings is 2. The molecule has 5 rings (SSSR count). The van der Waals surface area contributed by atoms with Gasteiger partial charge in [-0.3, -0.25) is 4.79 Å². The molecule has 4 aromatic rings. The fraction of sp³-hybridized carbons (Fsp3) is 0.217. The van der Waals surface area contributed by atoms with Gasteiger partial charge in [-0.15, -0.1) is 22.7 Å². The zero-order valence-corrected chi connectivity index (χ0v) is 18.9. The van der Waals surface area contributed by atoms with E-state index in [1.54, 1.807) is 35.1 Å². The Labute approximate surface area is 193 Å². The van der Waals surface area contributed by atoms with Crippen LogP contribution in [0, 0.1) is 11.3 Å². The zero-order valence-electron chi connectivity index (χ0n) is 17.2. The Morgan fingerprint density at radius 2 is 2.22 bits per heavy atom.